The summed E-state index contributed by atoms with van der Waals surface area (Å²) in [7, 11) is 0. The second-order valence-corrected chi connectivity index (χ2v) is 37.8. The Balaban J connectivity index is 0.560. The van der Waals surface area contributed by atoms with E-state index in [4.69, 9.17) is 9.47 Å². The van der Waals surface area contributed by atoms with Gasteiger partial charge in [0.25, 0.3) is 0 Å². The number of hydrogen-bond donors (Lipinski definition) is 0. The first-order valence-corrected chi connectivity index (χ1v) is 49.2. The van der Waals surface area contributed by atoms with Crippen LogP contribution in [0.1, 0.15) is 0 Å². The van der Waals surface area contributed by atoms with Crippen LogP contribution in [0.5, 0.6) is 23.0 Å². The highest BCUT2D eigenvalue weighted by molar-refractivity contribution is 6.29. The van der Waals surface area contributed by atoms with Gasteiger partial charge in [0, 0.05) is 167 Å². The van der Waals surface area contributed by atoms with Gasteiger partial charge in [-0.25, -0.2) is 0 Å². The second-order valence-electron chi connectivity index (χ2n) is 37.8. The summed E-state index contributed by atoms with van der Waals surface area (Å²) >= 11 is 0. The molecule has 1 aliphatic rings. The maximum absolute atomic E-state index is 7.32. The molecule has 0 aliphatic carbocycles. The predicted octanol–water partition coefficient (Wildman–Crippen LogP) is 35.3. The Bertz CT molecular complexity index is 9440. The number of benzene rings is 22. The first-order valence-electron chi connectivity index (χ1n) is 49.2. The normalized spacial score (nSPS) is 12.3. The quantitative estimate of drug-likeness (QED) is 0.109. The number of anilines is 6. The molecular formula is C132H82N10O2. The van der Waals surface area contributed by atoms with Crippen molar-refractivity contribution < 1.29 is 9.47 Å². The van der Waals surface area contributed by atoms with Crippen LogP contribution in [0.2, 0.25) is 0 Å². The Morgan fingerprint density at radius 2 is 0.271 bits per heavy atom. The molecule has 0 saturated heterocycles. The summed E-state index contributed by atoms with van der Waals surface area (Å²) in [6.45, 7) is 0. The molecule has 22 aromatic carbocycles. The van der Waals surface area contributed by atoms with E-state index in [9.17, 15) is 0 Å². The van der Waals surface area contributed by atoms with Crippen LogP contribution in [0.25, 0.3) is 220 Å². The van der Waals surface area contributed by atoms with Crippen molar-refractivity contribution in [2.24, 2.45) is 0 Å². The van der Waals surface area contributed by atoms with Crippen LogP contribution in [-0.4, -0.2) is 36.5 Å². The van der Waals surface area contributed by atoms with Crippen LogP contribution in [-0.2, 0) is 0 Å². The Morgan fingerprint density at radius 3 is 0.451 bits per heavy atom. The average molecular weight is 1840 g/mol. The smallest absolute Gasteiger partial charge is 0.172 e. The van der Waals surface area contributed by atoms with E-state index in [1.807, 2.05) is 0 Å². The van der Waals surface area contributed by atoms with Gasteiger partial charge in [0.05, 0.1) is 99.6 Å². The van der Waals surface area contributed by atoms with Crippen molar-refractivity contribution >= 4 is 209 Å². The van der Waals surface area contributed by atoms with Gasteiger partial charge in [-0.1, -0.05) is 267 Å². The summed E-state index contributed by atoms with van der Waals surface area (Å²) in [6.07, 6.45) is 0. The monoisotopic (exact) mass is 1840 g/mol. The van der Waals surface area contributed by atoms with Crippen molar-refractivity contribution in [2.45, 2.75) is 0 Å². The van der Waals surface area contributed by atoms with Crippen LogP contribution in [0, 0.1) is 0 Å². The van der Waals surface area contributed by atoms with Gasteiger partial charge in [0.15, 0.2) is 23.0 Å². The molecule has 0 spiro atoms. The summed E-state index contributed by atoms with van der Waals surface area (Å²) in [4.78, 5) is 4.69. The highest BCUT2D eigenvalue weighted by atomic mass is 16.6. The van der Waals surface area contributed by atoms with Crippen molar-refractivity contribution in [1.29, 1.82) is 0 Å². The number of aromatic nitrogens is 8. The van der Waals surface area contributed by atoms with Crippen molar-refractivity contribution in [2.75, 3.05) is 9.80 Å². The minimum absolute atomic E-state index is 0.582. The van der Waals surface area contributed by atoms with Crippen LogP contribution in [0.4, 0.5) is 34.1 Å². The fourth-order valence-electron chi connectivity index (χ4n) is 24.2. The zero-order chi connectivity index (χ0) is 94.0. The molecule has 0 atom stereocenters. The van der Waals surface area contributed by atoms with Gasteiger partial charge in [-0.3, -0.25) is 0 Å². The van der Waals surface area contributed by atoms with Crippen molar-refractivity contribution in [3.05, 3.63) is 497 Å². The molecule has 0 amide bonds. The fourth-order valence-corrected chi connectivity index (χ4v) is 24.2. The Labute approximate surface area is 824 Å². The zero-order valence-corrected chi connectivity index (χ0v) is 77.6. The molecular weight excluding hydrogens is 1760 g/mol. The predicted molar refractivity (Wildman–Crippen MR) is 597 cm³/mol. The molecule has 0 unspecified atom stereocenters. The Kier molecular flexibility index (Phi) is 17.1. The molecule has 12 heteroatoms. The summed E-state index contributed by atoms with van der Waals surface area (Å²) in [6, 6.07) is 182. The SMILES string of the molecule is c1ccc(-n2c3ccccc3c3ccc4c5ccccc5n(-c5ccc(N(c6ccc(-n7c8ccccc8c8ccc9c%10ccccc%10n(-c%10ccccc%10)c9c87)cc6)c6ccc7c(c6)Oc6ccc(N(c8ccc(-n9c%10ccccc%10c%10ccc%11c%12ccccc%12n(-c%12ccccc%12)c%11c%109)cc8)c8ccc(-n9c%10ccccc%10c%10ccc%11c%12ccccc%12n(-c%12ccccc%12)c%11c%109)cc8)cc6O7)cc5)c4c32)cc1. The van der Waals surface area contributed by atoms with Crippen LogP contribution >= 0.6 is 0 Å². The van der Waals surface area contributed by atoms with Crippen LogP contribution in [0.15, 0.2) is 497 Å². The van der Waals surface area contributed by atoms with E-state index in [0.717, 1.165) is 168 Å². The van der Waals surface area contributed by atoms with Gasteiger partial charge in [-0.15, -0.1) is 0 Å². The molecule has 672 valence electrons. The van der Waals surface area contributed by atoms with E-state index < -0.39 is 0 Å². The second kappa shape index (κ2) is 31.0. The lowest BCUT2D eigenvalue weighted by Crippen LogP contribution is -2.12. The molecule has 30 aromatic rings. The van der Waals surface area contributed by atoms with E-state index in [1.165, 1.54) is 86.2 Å². The van der Waals surface area contributed by atoms with E-state index in [0.29, 0.717) is 23.0 Å². The molecule has 0 N–H and O–H groups in total. The number of para-hydroxylation sites is 12. The molecule has 9 heterocycles. The molecule has 12 nitrogen and oxygen atoms in total. The molecule has 8 aromatic heterocycles. The highest BCUT2D eigenvalue weighted by Crippen LogP contribution is 2.54. The van der Waals surface area contributed by atoms with Gasteiger partial charge in [-0.05, 0) is 218 Å². The molecule has 144 heavy (non-hydrogen) atoms. The van der Waals surface area contributed by atoms with Gasteiger partial charge < -0.3 is 55.8 Å². The standard InChI is InChI=1S/C132H82N10O2/c1-5-29-83(30-6-1)135-113-45-21-13-37-97(113)105-71-75-109-101-41-17-25-49-117(101)139(129(109)125(105)135)91-61-53-87(54-62-91)133(88-55-63-92(64-56-88)140-118-50-26-18-42-102(118)110-76-72-106-98-38-14-22-46-114(98)136(126(106)130(110)140)84-31-7-2-8-32-84)95-69-79-121-123(81-95)143-122-80-70-96(82-124(122)144-121)134(89-57-65-93(66-58-89)141-119-51-27-19-43-103(119)111-77-73-107-99-39-15-23-47-115(99)137(127(107)131(111)141)85-33-9-3-10-34-85)90-59-67-94(68-60-90)142-120-52-28-20-44-104(120)112-78-74-108-100-40-16-24-48-116(100)138(128(108)132(112)142)86-35-11-4-12-36-86/h1-82H. The number of fused-ring (bicyclic) bond motifs is 30. The van der Waals surface area contributed by atoms with Gasteiger partial charge >= 0.3 is 0 Å². The number of hydrogen-bond acceptors (Lipinski definition) is 4. The largest absolute Gasteiger partial charge is 0.449 e. The maximum atomic E-state index is 7.32. The van der Waals surface area contributed by atoms with Crippen LogP contribution < -0.4 is 19.3 Å². The third-order valence-corrected chi connectivity index (χ3v) is 30.2. The van der Waals surface area contributed by atoms with E-state index >= 15 is 0 Å². The molecule has 0 fully saturated rings. The zero-order valence-electron chi connectivity index (χ0n) is 77.6. The van der Waals surface area contributed by atoms with Crippen molar-refractivity contribution in [3.63, 3.8) is 0 Å². The third-order valence-electron chi connectivity index (χ3n) is 30.2. The van der Waals surface area contributed by atoms with Gasteiger partial charge in [0.1, 0.15) is 0 Å². The highest BCUT2D eigenvalue weighted by Gasteiger charge is 2.31. The molecule has 1 aliphatic heterocycles. The van der Waals surface area contributed by atoms with Crippen LogP contribution in [0.3, 0.4) is 0 Å². The first-order chi connectivity index (χ1) is 71.5. The number of ether oxygens (including phenoxy) is 2. The van der Waals surface area contributed by atoms with E-state index in [-0.39, 0.29) is 0 Å². The Morgan fingerprint density at radius 1 is 0.118 bits per heavy atom. The van der Waals surface area contributed by atoms with Crippen molar-refractivity contribution in [1.82, 2.24) is 36.5 Å². The fraction of sp³-hybridized carbons (Fsp3) is 0. The van der Waals surface area contributed by atoms with Gasteiger partial charge in [-0.2, -0.15) is 0 Å². The minimum Gasteiger partial charge on any atom is -0.449 e. The lowest BCUT2D eigenvalue weighted by molar-refractivity contribution is 0.360. The average Bonchev–Trinajstić information content (AvgIpc) is 1.56. The lowest BCUT2D eigenvalue weighted by Gasteiger charge is -2.29. The number of rotatable bonds is 14. The minimum atomic E-state index is 0.582. The third kappa shape index (κ3) is 11.6. The molecule has 0 saturated carbocycles. The topological polar surface area (TPSA) is 64.4 Å². The summed E-state index contributed by atoms with van der Waals surface area (Å²) < 4.78 is 34.3. The summed E-state index contributed by atoms with van der Waals surface area (Å²) in [5.74, 6) is 2.34. The summed E-state index contributed by atoms with van der Waals surface area (Å²) in [5, 5.41) is 19.1. The van der Waals surface area contributed by atoms with E-state index in [1.54, 1.807) is 0 Å². The number of nitrogens with zero attached hydrogens (tertiary/aromatic N) is 10. The van der Waals surface area contributed by atoms with E-state index in [2.05, 4.69) is 544 Å². The molecule has 0 bridgehead atoms. The Hall–Kier alpha value is -19.6. The first kappa shape index (κ1) is 79.5. The summed E-state index contributed by atoms with van der Waals surface area (Å²) in [5.41, 5.74) is 32.4. The molecule has 0 radical (unpaired) electrons. The maximum Gasteiger partial charge on any atom is 0.172 e. The lowest BCUT2D eigenvalue weighted by atomic mass is 10.1. The molecule has 31 rings (SSSR count). The van der Waals surface area contributed by atoms with Crippen molar-refractivity contribution in [3.8, 4) is 68.5 Å². The van der Waals surface area contributed by atoms with Gasteiger partial charge in [0.2, 0.25) is 0 Å².